The van der Waals surface area contributed by atoms with Crippen molar-refractivity contribution in [3.05, 3.63) is 12.7 Å². The molecular weight excluding hydrogens is 1090 g/mol. The molecule has 0 bridgehead atoms. The number of hydrogen-bond acceptors (Lipinski definition) is 29. The first-order valence-electron chi connectivity index (χ1n) is 19.8. The molecule has 20 atom stereocenters. The van der Waals surface area contributed by atoms with Crippen molar-refractivity contribution in [3.8, 4) is 0 Å². The zero-order valence-corrected chi connectivity index (χ0v) is 39.6. The molecule has 4 aliphatic rings. The molecule has 416 valence electrons. The fourth-order valence-electron chi connectivity index (χ4n) is 7.51. The standard InChI is InChI=1S/C31H48N2O35S4/c1-4-5-57-28-12(32-8(2)36)17(14(38)10(6-34)58-28)60-31-25(68-72(54,55)56)22(66-70(48,49)50)21(23(64-31)27(43)44)63-29-13(33-9(3)37)18(15(39)11(7-35)59-29)61-30-24(67-71(51,52)53)19(65-69(45,46)47)16(40)20(62-30)26(41)42/h4,10-25,28-31,34-35,38-40H,1,5-7H2,2-3H3,(H,32,36)(H,33,37)(H,41,42)(H,43,44)(H,45,46,47)(H,48,49,50)(H,51,52,53)(H,54,55,56)/t10?,11?,12?,13?,14-,15-,16-,17+,18+,19-,20?,21-,22-,23?,24?,25?,28+,29-,30+,31+/m0/s1. The number of carboxylic acid groups (broad SMARTS) is 2. The Morgan fingerprint density at radius 2 is 0.875 bits per heavy atom. The Labute approximate surface area is 405 Å². The lowest BCUT2D eigenvalue weighted by Crippen LogP contribution is -2.71. The van der Waals surface area contributed by atoms with Gasteiger partial charge in [0.2, 0.25) is 11.8 Å². The number of ether oxygens (including phenoxy) is 8. The Balaban J connectivity index is 1.91. The molecule has 0 aliphatic carbocycles. The van der Waals surface area contributed by atoms with E-state index in [1.807, 2.05) is 5.32 Å². The molecule has 0 spiro atoms. The number of amides is 2. The molecule has 0 aromatic rings. The van der Waals surface area contributed by atoms with Crippen LogP contribution >= 0.6 is 0 Å². The van der Waals surface area contributed by atoms with Gasteiger partial charge in [-0.15, -0.1) is 6.58 Å². The highest BCUT2D eigenvalue weighted by Gasteiger charge is 2.61. The maximum Gasteiger partial charge on any atom is 0.397 e. The number of aliphatic hydroxyl groups is 5. The van der Waals surface area contributed by atoms with Crippen LogP contribution in [0.5, 0.6) is 0 Å². The van der Waals surface area contributed by atoms with Gasteiger partial charge in [0, 0.05) is 13.8 Å². The predicted molar refractivity (Wildman–Crippen MR) is 214 cm³/mol. The van der Waals surface area contributed by atoms with Crippen LogP contribution in [0.25, 0.3) is 0 Å². The molecular formula is C31H48N2O35S4. The van der Waals surface area contributed by atoms with E-state index in [1.165, 1.54) is 6.08 Å². The van der Waals surface area contributed by atoms with Gasteiger partial charge in [0.1, 0.15) is 73.1 Å². The van der Waals surface area contributed by atoms with Gasteiger partial charge in [0.25, 0.3) is 0 Å². The Morgan fingerprint density at radius 1 is 0.514 bits per heavy atom. The molecule has 4 heterocycles. The normalized spacial score (nSPS) is 38.0. The lowest BCUT2D eigenvalue weighted by Gasteiger charge is -2.50. The van der Waals surface area contributed by atoms with E-state index in [9.17, 15) is 107 Å². The highest BCUT2D eigenvalue weighted by Crippen LogP contribution is 2.38. The smallest absolute Gasteiger partial charge is 0.397 e. The molecule has 2 amide bonds. The first-order valence-corrected chi connectivity index (χ1v) is 25.2. The molecule has 4 saturated heterocycles. The lowest BCUT2D eigenvalue weighted by molar-refractivity contribution is -0.364. The van der Waals surface area contributed by atoms with Crippen LogP contribution < -0.4 is 10.6 Å². The summed E-state index contributed by atoms with van der Waals surface area (Å²) in [5.74, 6) is -6.68. The van der Waals surface area contributed by atoms with Crippen molar-refractivity contribution in [2.75, 3.05) is 19.8 Å². The van der Waals surface area contributed by atoms with Gasteiger partial charge >= 0.3 is 53.5 Å². The van der Waals surface area contributed by atoms with Crippen molar-refractivity contribution in [2.24, 2.45) is 0 Å². The number of aliphatic hydroxyl groups excluding tert-OH is 5. The van der Waals surface area contributed by atoms with Gasteiger partial charge < -0.3 is 84.3 Å². The topological polar surface area (TPSA) is 562 Å². The second-order valence-corrected chi connectivity index (χ2v) is 19.5. The van der Waals surface area contributed by atoms with Crippen molar-refractivity contribution < 1.29 is 161 Å². The SMILES string of the molecule is C=CCO[C@@H]1OC(CO)[C@H](O)[C@H](O[C@@H]2OC(C(=O)O)[C@@H](O[C@@H]3OC(CO)[C@H](O)[C@H](O[C@@H]4OC(C(=O)O)[C@@H](O)[C@H](OS(=O)(=O)O)C4OS(=O)(=O)O)C3NC(C)=O)[C@H](OS(=O)(=O)O)C2OS(=O)(=O)O)C1NC(C)=O. The van der Waals surface area contributed by atoms with Crippen LogP contribution in [-0.2, 0) is 115 Å². The van der Waals surface area contributed by atoms with Crippen molar-refractivity contribution >= 4 is 65.3 Å². The molecule has 4 aliphatic heterocycles. The summed E-state index contributed by atoms with van der Waals surface area (Å²) >= 11 is 0. The summed E-state index contributed by atoms with van der Waals surface area (Å²) in [7, 11) is -23.9. The van der Waals surface area contributed by atoms with E-state index in [0.717, 1.165) is 6.92 Å². The first-order chi connectivity index (χ1) is 33.1. The minimum Gasteiger partial charge on any atom is -0.479 e. The maximum absolute atomic E-state index is 13.1. The van der Waals surface area contributed by atoms with E-state index in [1.54, 1.807) is 0 Å². The van der Waals surface area contributed by atoms with Crippen LogP contribution in [0.3, 0.4) is 0 Å². The number of carbonyl (C=O) groups is 4. The number of rotatable bonds is 23. The Bertz CT molecular complexity index is 2390. The van der Waals surface area contributed by atoms with E-state index in [4.69, 9.17) is 37.9 Å². The van der Waals surface area contributed by atoms with Crippen molar-refractivity contribution in [2.45, 2.75) is 137 Å². The second-order valence-electron chi connectivity index (χ2n) is 15.3. The van der Waals surface area contributed by atoms with Gasteiger partial charge in [0.05, 0.1) is 19.8 Å². The van der Waals surface area contributed by atoms with Gasteiger partial charge in [-0.3, -0.25) is 27.8 Å². The van der Waals surface area contributed by atoms with Crippen LogP contribution in [-0.4, -0.2) is 254 Å². The van der Waals surface area contributed by atoms with Gasteiger partial charge in [-0.25, -0.2) is 26.3 Å². The summed E-state index contributed by atoms with van der Waals surface area (Å²) in [5.41, 5.74) is 0. The monoisotopic (exact) mass is 1140 g/mol. The Hall–Kier alpha value is -3.42. The molecule has 0 aromatic carbocycles. The van der Waals surface area contributed by atoms with E-state index < -0.39 is 201 Å². The van der Waals surface area contributed by atoms with Gasteiger partial charge in [-0.05, 0) is 0 Å². The lowest BCUT2D eigenvalue weighted by atomic mass is 9.94. The second kappa shape index (κ2) is 24.5. The van der Waals surface area contributed by atoms with Crippen molar-refractivity contribution in [1.82, 2.24) is 10.6 Å². The van der Waals surface area contributed by atoms with Gasteiger partial charge in [-0.2, -0.15) is 33.7 Å². The summed E-state index contributed by atoms with van der Waals surface area (Å²) in [4.78, 5) is 50.2. The van der Waals surface area contributed by atoms with E-state index >= 15 is 0 Å². The van der Waals surface area contributed by atoms with Crippen LogP contribution in [0.15, 0.2) is 12.7 Å². The summed E-state index contributed by atoms with van der Waals surface area (Å²) in [5, 5.41) is 78.0. The van der Waals surface area contributed by atoms with Crippen molar-refractivity contribution in [3.63, 3.8) is 0 Å². The Morgan fingerprint density at radius 3 is 1.26 bits per heavy atom. The van der Waals surface area contributed by atoms with E-state index in [0.29, 0.717) is 6.92 Å². The molecule has 13 N–H and O–H groups in total. The quantitative estimate of drug-likeness (QED) is 0.0334. The summed E-state index contributed by atoms with van der Waals surface area (Å²) in [6, 6.07) is -4.19. The van der Waals surface area contributed by atoms with Crippen LogP contribution in [0.4, 0.5) is 0 Å². The van der Waals surface area contributed by atoms with Crippen LogP contribution in [0.1, 0.15) is 13.8 Å². The summed E-state index contributed by atoms with van der Waals surface area (Å²) in [6.45, 7) is 2.20. The highest BCUT2D eigenvalue weighted by molar-refractivity contribution is 7.81. The van der Waals surface area contributed by atoms with Crippen molar-refractivity contribution in [1.29, 1.82) is 0 Å². The largest absolute Gasteiger partial charge is 0.479 e. The average Bonchev–Trinajstić information content (AvgIpc) is 3.22. The summed E-state index contributed by atoms with van der Waals surface area (Å²) < 4.78 is 198. The van der Waals surface area contributed by atoms with Crippen LogP contribution in [0, 0.1) is 0 Å². The zero-order valence-electron chi connectivity index (χ0n) is 36.3. The highest BCUT2D eigenvalue weighted by atomic mass is 32.3. The molecule has 0 radical (unpaired) electrons. The molecule has 0 aromatic heterocycles. The van der Waals surface area contributed by atoms with Gasteiger partial charge in [0.15, 0.2) is 49.6 Å². The molecule has 4 rings (SSSR count). The fraction of sp³-hybridized carbons (Fsp3) is 0.806. The fourth-order valence-corrected chi connectivity index (χ4v) is 9.48. The van der Waals surface area contributed by atoms with E-state index in [-0.39, 0.29) is 6.61 Å². The predicted octanol–water partition coefficient (Wildman–Crippen LogP) is -8.76. The number of carboxylic acids is 2. The average molecular weight is 1140 g/mol. The zero-order chi connectivity index (χ0) is 54.6. The minimum absolute atomic E-state index is 0.370. The third kappa shape index (κ3) is 16.3. The minimum atomic E-state index is -6.09. The van der Waals surface area contributed by atoms with Crippen LogP contribution in [0.2, 0.25) is 0 Å². The van der Waals surface area contributed by atoms with E-state index in [2.05, 4.69) is 28.6 Å². The summed E-state index contributed by atoms with van der Waals surface area (Å²) in [6.07, 6.45) is -45.9. The molecule has 37 nitrogen and oxygen atoms in total. The molecule has 72 heavy (non-hydrogen) atoms. The Kier molecular flexibility index (Phi) is 20.8. The third-order valence-electron chi connectivity index (χ3n) is 10.1. The maximum atomic E-state index is 13.1. The number of carbonyl (C=O) groups excluding carboxylic acids is 2. The number of hydrogen-bond donors (Lipinski definition) is 13. The first kappa shape index (κ1) is 61.1. The molecule has 0 saturated carbocycles. The third-order valence-corrected chi connectivity index (χ3v) is 12.0. The molecule has 4 fully saturated rings. The number of nitrogens with one attached hydrogen (secondary N) is 2. The molecule has 41 heteroatoms. The number of aliphatic carboxylic acids is 2. The van der Waals surface area contributed by atoms with Gasteiger partial charge in [-0.1, -0.05) is 6.08 Å². The molecule has 8 unspecified atom stereocenters.